The van der Waals surface area contributed by atoms with Crippen molar-refractivity contribution in [3.05, 3.63) is 40.3 Å². The Labute approximate surface area is 174 Å². The van der Waals surface area contributed by atoms with Gasteiger partial charge in [0.05, 0.1) is 25.5 Å². The minimum Gasteiger partial charge on any atom is -0.475 e. The number of ether oxygens (including phenoxy) is 3. The van der Waals surface area contributed by atoms with Crippen LogP contribution in [-0.4, -0.2) is 56.0 Å². The lowest BCUT2D eigenvalue weighted by Gasteiger charge is -2.24. The van der Waals surface area contributed by atoms with E-state index in [4.69, 9.17) is 14.2 Å². The highest BCUT2D eigenvalue weighted by atomic mass is 32.2. The molecule has 1 aromatic heterocycles. The molecule has 1 fully saturated rings. The summed E-state index contributed by atoms with van der Waals surface area (Å²) in [5.41, 5.74) is -4.57. The summed E-state index contributed by atoms with van der Waals surface area (Å²) in [4.78, 5) is 16.3. The molecule has 0 radical (unpaired) electrons. The summed E-state index contributed by atoms with van der Waals surface area (Å²) in [6.07, 6.45) is -0.0161. The minimum atomic E-state index is -5.78. The van der Waals surface area contributed by atoms with Crippen LogP contribution >= 0.6 is 0 Å². The van der Waals surface area contributed by atoms with Crippen LogP contribution in [-0.2, 0) is 32.6 Å². The Morgan fingerprint density at radius 3 is 2.74 bits per heavy atom. The molecular weight excluding hydrogens is 445 g/mol. The fraction of sp³-hybridized carbons (Fsp3) is 0.444. The van der Waals surface area contributed by atoms with Crippen LogP contribution in [0.25, 0.3) is 11.3 Å². The maximum absolute atomic E-state index is 12.6. The van der Waals surface area contributed by atoms with Gasteiger partial charge < -0.3 is 18.4 Å². The summed E-state index contributed by atoms with van der Waals surface area (Å²) in [6.45, 7) is 1.64. The topological polar surface area (TPSA) is 106 Å². The number of alkyl halides is 3. The molecule has 1 saturated heterocycles. The first-order chi connectivity index (χ1) is 14.6. The first kappa shape index (κ1) is 21.6. The van der Waals surface area contributed by atoms with Crippen LogP contribution in [0.15, 0.2) is 29.1 Å². The first-order valence-electron chi connectivity index (χ1n) is 9.22. The van der Waals surface area contributed by atoms with E-state index >= 15 is 0 Å². The molecule has 2 aromatic rings. The fourth-order valence-corrected chi connectivity index (χ4v) is 3.75. The maximum Gasteiger partial charge on any atom is 0.534 e. The monoisotopic (exact) mass is 462 g/mol. The van der Waals surface area contributed by atoms with Crippen molar-refractivity contribution in [2.24, 2.45) is 0 Å². The van der Waals surface area contributed by atoms with E-state index < -0.39 is 27.1 Å². The average Bonchev–Trinajstić information content (AvgIpc) is 2.71. The van der Waals surface area contributed by atoms with Crippen LogP contribution in [0.1, 0.15) is 5.56 Å². The number of rotatable bonds is 5. The van der Waals surface area contributed by atoms with Gasteiger partial charge >= 0.3 is 21.3 Å². The summed E-state index contributed by atoms with van der Waals surface area (Å²) in [6, 6.07) is 5.23. The van der Waals surface area contributed by atoms with Crippen LogP contribution in [0.5, 0.6) is 11.6 Å². The van der Waals surface area contributed by atoms with Gasteiger partial charge in [-0.15, -0.1) is 0 Å². The van der Waals surface area contributed by atoms with Gasteiger partial charge in [0.2, 0.25) is 5.88 Å². The molecule has 0 spiro atoms. The summed E-state index contributed by atoms with van der Waals surface area (Å²) in [5, 5.41) is 0. The normalized spacial score (nSPS) is 18.7. The summed E-state index contributed by atoms with van der Waals surface area (Å²) in [7, 11) is -5.78. The molecule has 0 saturated carbocycles. The van der Waals surface area contributed by atoms with Gasteiger partial charge in [-0.1, -0.05) is 0 Å². The van der Waals surface area contributed by atoms with E-state index in [2.05, 4.69) is 9.17 Å². The van der Waals surface area contributed by atoms with Crippen molar-refractivity contribution in [1.29, 1.82) is 0 Å². The first-order valence-corrected chi connectivity index (χ1v) is 10.6. The Bertz CT molecular complexity index is 1140. The van der Waals surface area contributed by atoms with Crippen molar-refractivity contribution in [2.75, 3.05) is 26.4 Å². The molecule has 1 aromatic carbocycles. The number of aryl methyl sites for hydroxylation is 1. The van der Waals surface area contributed by atoms with Crippen LogP contribution in [0.4, 0.5) is 13.2 Å². The number of benzene rings is 1. The molecule has 31 heavy (non-hydrogen) atoms. The van der Waals surface area contributed by atoms with Gasteiger partial charge in [-0.25, -0.2) is 4.79 Å². The maximum atomic E-state index is 12.6. The standard InChI is InChI=1S/C18H17F3N2O7S/c19-18(20,21)31(25,26)30-12-1-2-14-11(7-12)3-4-23-15(14)8-16(22-17(23)24)29-10-13-9-27-5-6-28-13/h1-2,7-8,13H,3-6,9-10H2/t13-/m1/s1. The van der Waals surface area contributed by atoms with Crippen LogP contribution in [0, 0.1) is 0 Å². The van der Waals surface area contributed by atoms with Crippen molar-refractivity contribution < 1.29 is 40.0 Å². The molecule has 0 unspecified atom stereocenters. The van der Waals surface area contributed by atoms with E-state index in [-0.39, 0.29) is 31.6 Å². The molecule has 9 nitrogen and oxygen atoms in total. The minimum absolute atomic E-state index is 0.0678. The van der Waals surface area contributed by atoms with Crippen LogP contribution in [0.3, 0.4) is 0 Å². The molecule has 13 heteroatoms. The lowest BCUT2D eigenvalue weighted by atomic mass is 9.97. The van der Waals surface area contributed by atoms with Crippen molar-refractivity contribution in [3.8, 4) is 22.9 Å². The largest absolute Gasteiger partial charge is 0.534 e. The number of hydrogen-bond acceptors (Lipinski definition) is 8. The molecule has 2 aliphatic heterocycles. The summed E-state index contributed by atoms with van der Waals surface area (Å²) >= 11 is 0. The molecule has 0 amide bonds. The quantitative estimate of drug-likeness (QED) is 0.486. The van der Waals surface area contributed by atoms with E-state index in [1.54, 1.807) is 0 Å². The highest BCUT2D eigenvalue weighted by molar-refractivity contribution is 7.88. The molecule has 1 atom stereocenters. The second-order valence-electron chi connectivity index (χ2n) is 6.84. The zero-order valence-corrected chi connectivity index (χ0v) is 16.7. The number of hydrogen-bond donors (Lipinski definition) is 0. The zero-order chi connectivity index (χ0) is 22.2. The van der Waals surface area contributed by atoms with Gasteiger partial charge in [0.15, 0.2) is 0 Å². The number of nitrogens with zero attached hydrogens (tertiary/aromatic N) is 2. The van der Waals surface area contributed by atoms with Crippen LogP contribution < -0.4 is 14.6 Å². The summed E-state index contributed by atoms with van der Waals surface area (Å²) < 4.78 is 82.1. The Balaban J connectivity index is 1.59. The van der Waals surface area contributed by atoms with E-state index in [9.17, 15) is 26.4 Å². The Kier molecular flexibility index (Phi) is 5.66. The SMILES string of the molecule is O=c1nc(OC[C@H]2COCCO2)cc2n1CCc1cc(OS(=O)(=O)C(F)(F)F)ccc1-2. The molecule has 4 rings (SSSR count). The van der Waals surface area contributed by atoms with Crippen LogP contribution in [0.2, 0.25) is 0 Å². The third-order valence-corrected chi connectivity index (χ3v) is 5.72. The average molecular weight is 462 g/mol. The van der Waals surface area contributed by atoms with Crippen molar-refractivity contribution in [2.45, 2.75) is 24.6 Å². The lowest BCUT2D eigenvalue weighted by molar-refractivity contribution is -0.102. The Morgan fingerprint density at radius 1 is 1.23 bits per heavy atom. The Hall–Kier alpha value is -2.64. The van der Waals surface area contributed by atoms with Crippen molar-refractivity contribution >= 4 is 10.1 Å². The predicted octanol–water partition coefficient (Wildman–Crippen LogP) is 1.49. The van der Waals surface area contributed by atoms with E-state index in [0.29, 0.717) is 36.6 Å². The smallest absolute Gasteiger partial charge is 0.475 e. The third-order valence-electron chi connectivity index (χ3n) is 4.74. The number of fused-ring (bicyclic) bond motifs is 3. The van der Waals surface area contributed by atoms with Gasteiger partial charge in [0.25, 0.3) is 0 Å². The molecule has 3 heterocycles. The molecule has 2 aliphatic rings. The third kappa shape index (κ3) is 4.52. The molecule has 0 bridgehead atoms. The second kappa shape index (κ2) is 8.13. The summed E-state index contributed by atoms with van der Waals surface area (Å²) in [5.74, 6) is -0.398. The number of halogens is 3. The highest BCUT2D eigenvalue weighted by Crippen LogP contribution is 2.34. The second-order valence-corrected chi connectivity index (χ2v) is 8.38. The van der Waals surface area contributed by atoms with Gasteiger partial charge in [0, 0.05) is 18.2 Å². The van der Waals surface area contributed by atoms with Gasteiger partial charge in [-0.2, -0.15) is 26.6 Å². The molecular formula is C18H17F3N2O7S. The predicted molar refractivity (Wildman–Crippen MR) is 99.3 cm³/mol. The molecule has 0 aliphatic carbocycles. The zero-order valence-electron chi connectivity index (χ0n) is 15.9. The van der Waals surface area contributed by atoms with Crippen molar-refractivity contribution in [1.82, 2.24) is 9.55 Å². The Morgan fingerprint density at radius 2 is 2.03 bits per heavy atom. The van der Waals surface area contributed by atoms with Crippen molar-refractivity contribution in [3.63, 3.8) is 0 Å². The molecule has 168 valence electrons. The number of aromatic nitrogens is 2. The molecule has 0 N–H and O–H groups in total. The van der Waals surface area contributed by atoms with E-state index in [1.807, 2.05) is 0 Å². The van der Waals surface area contributed by atoms with Gasteiger partial charge in [-0.3, -0.25) is 4.57 Å². The highest BCUT2D eigenvalue weighted by Gasteiger charge is 2.48. The van der Waals surface area contributed by atoms with Gasteiger partial charge in [-0.05, 0) is 30.2 Å². The fourth-order valence-electron chi connectivity index (χ4n) is 3.29. The van der Waals surface area contributed by atoms with E-state index in [1.165, 1.54) is 22.8 Å². The lowest BCUT2D eigenvalue weighted by Crippen LogP contribution is -2.34. The van der Waals surface area contributed by atoms with Gasteiger partial charge in [0.1, 0.15) is 18.5 Å². The van der Waals surface area contributed by atoms with E-state index in [0.717, 1.165) is 6.07 Å².